The van der Waals surface area contributed by atoms with Crippen molar-refractivity contribution >= 4 is 0 Å². The highest BCUT2D eigenvalue weighted by Gasteiger charge is 2.35. The summed E-state index contributed by atoms with van der Waals surface area (Å²) in [4.78, 5) is 4.87. The lowest BCUT2D eigenvalue weighted by Gasteiger charge is -2.48. The average molecular weight is 293 g/mol. The van der Waals surface area contributed by atoms with Crippen LogP contribution in [0.15, 0.2) is 24.3 Å². The molecule has 1 fully saturated rings. The van der Waals surface area contributed by atoms with Crippen LogP contribution in [-0.2, 0) is 6.42 Å². The Morgan fingerprint density at radius 1 is 1.33 bits per heavy atom. The van der Waals surface area contributed by atoms with Crippen molar-refractivity contribution in [2.24, 2.45) is 5.73 Å². The largest absolute Gasteiger partial charge is 0.329 e. The Labute approximate surface area is 127 Å². The molecule has 1 aliphatic heterocycles. The van der Waals surface area contributed by atoms with E-state index >= 15 is 0 Å². The van der Waals surface area contributed by atoms with Crippen molar-refractivity contribution in [2.45, 2.75) is 38.3 Å². The highest BCUT2D eigenvalue weighted by Crippen LogP contribution is 2.25. The first-order valence-corrected chi connectivity index (χ1v) is 7.89. The Morgan fingerprint density at radius 2 is 2.05 bits per heavy atom. The number of hydrogen-bond acceptors (Lipinski definition) is 3. The monoisotopic (exact) mass is 293 g/mol. The van der Waals surface area contributed by atoms with Gasteiger partial charge in [0.2, 0.25) is 0 Å². The van der Waals surface area contributed by atoms with E-state index in [0.717, 1.165) is 31.6 Å². The lowest BCUT2D eigenvalue weighted by molar-refractivity contribution is 0.0203. The fourth-order valence-corrected chi connectivity index (χ4v) is 3.24. The van der Waals surface area contributed by atoms with Gasteiger partial charge in [-0.3, -0.25) is 4.90 Å². The van der Waals surface area contributed by atoms with Crippen LogP contribution >= 0.6 is 0 Å². The van der Waals surface area contributed by atoms with Crippen molar-refractivity contribution in [2.75, 3.05) is 33.2 Å². The molecule has 1 aliphatic rings. The van der Waals surface area contributed by atoms with Crippen molar-refractivity contribution in [3.05, 3.63) is 35.6 Å². The average Bonchev–Trinajstić information content (AvgIpc) is 2.50. The molecule has 2 N–H and O–H groups in total. The zero-order valence-corrected chi connectivity index (χ0v) is 13.5. The maximum atomic E-state index is 14.0. The van der Waals surface area contributed by atoms with Gasteiger partial charge in [0.15, 0.2) is 0 Å². The van der Waals surface area contributed by atoms with E-state index in [1.807, 2.05) is 12.1 Å². The van der Waals surface area contributed by atoms with Crippen molar-refractivity contribution in [3.8, 4) is 0 Å². The second kappa shape index (κ2) is 6.86. The van der Waals surface area contributed by atoms with Gasteiger partial charge in [-0.25, -0.2) is 4.39 Å². The van der Waals surface area contributed by atoms with Crippen LogP contribution in [0, 0.1) is 5.82 Å². The molecule has 1 heterocycles. The van der Waals surface area contributed by atoms with Crippen molar-refractivity contribution in [3.63, 3.8) is 0 Å². The number of hydrogen-bond donors (Lipinski definition) is 1. The predicted octanol–water partition coefficient (Wildman–Crippen LogP) is 2.11. The van der Waals surface area contributed by atoms with Crippen LogP contribution in [0.3, 0.4) is 0 Å². The van der Waals surface area contributed by atoms with Gasteiger partial charge < -0.3 is 10.6 Å². The molecule has 21 heavy (non-hydrogen) atoms. The summed E-state index contributed by atoms with van der Waals surface area (Å²) in [5, 5.41) is 0. The molecule has 3 nitrogen and oxygen atoms in total. The first-order valence-electron chi connectivity index (χ1n) is 7.89. The normalized spacial score (nSPS) is 24.0. The summed E-state index contributed by atoms with van der Waals surface area (Å²) in [5.41, 5.74) is 6.66. The van der Waals surface area contributed by atoms with Gasteiger partial charge in [0.05, 0.1) is 0 Å². The summed E-state index contributed by atoms with van der Waals surface area (Å²) in [5.74, 6) is -0.127. The summed E-state index contributed by atoms with van der Waals surface area (Å²) < 4.78 is 14.0. The fraction of sp³-hybridized carbons (Fsp3) is 0.647. The van der Waals surface area contributed by atoms with Gasteiger partial charge in [-0.15, -0.1) is 0 Å². The van der Waals surface area contributed by atoms with E-state index in [9.17, 15) is 4.39 Å². The molecular formula is C17H28FN3. The van der Waals surface area contributed by atoms with Gasteiger partial charge in [-0.2, -0.15) is 0 Å². The summed E-state index contributed by atoms with van der Waals surface area (Å²) in [6.45, 7) is 7.98. The van der Waals surface area contributed by atoms with E-state index in [1.165, 1.54) is 6.07 Å². The minimum Gasteiger partial charge on any atom is -0.329 e. The zero-order chi connectivity index (χ0) is 15.5. The van der Waals surface area contributed by atoms with E-state index < -0.39 is 0 Å². The Morgan fingerprint density at radius 3 is 2.67 bits per heavy atom. The molecule has 4 heteroatoms. The molecule has 0 aliphatic carbocycles. The molecule has 2 rings (SSSR count). The minimum atomic E-state index is -0.184. The van der Waals surface area contributed by atoms with Crippen molar-refractivity contribution in [1.82, 2.24) is 9.80 Å². The van der Waals surface area contributed by atoms with Gasteiger partial charge >= 0.3 is 0 Å². The molecule has 2 atom stereocenters. The molecule has 0 spiro atoms. The summed E-state index contributed by atoms with van der Waals surface area (Å²) in [6.07, 6.45) is 1.80. The number of piperazine rings is 1. The molecule has 2 unspecified atom stereocenters. The molecule has 0 radical (unpaired) electrons. The topological polar surface area (TPSA) is 32.5 Å². The van der Waals surface area contributed by atoms with Gasteiger partial charge in [0.25, 0.3) is 0 Å². The molecule has 0 amide bonds. The molecule has 1 saturated heterocycles. The van der Waals surface area contributed by atoms with Crippen LogP contribution in [0.25, 0.3) is 0 Å². The second-order valence-corrected chi connectivity index (χ2v) is 6.46. The Bertz CT molecular complexity index is 465. The third-order valence-corrected chi connectivity index (χ3v) is 4.98. The van der Waals surface area contributed by atoms with E-state index in [0.29, 0.717) is 19.0 Å². The predicted molar refractivity (Wildman–Crippen MR) is 85.8 cm³/mol. The van der Waals surface area contributed by atoms with Crippen LogP contribution in [0.2, 0.25) is 0 Å². The molecule has 0 aromatic heterocycles. The van der Waals surface area contributed by atoms with Crippen molar-refractivity contribution < 1.29 is 4.39 Å². The number of nitrogens with zero attached hydrogens (tertiary/aromatic N) is 2. The molecule has 118 valence electrons. The number of benzene rings is 1. The maximum absolute atomic E-state index is 14.0. The van der Waals surface area contributed by atoms with Gasteiger partial charge in [0, 0.05) is 37.8 Å². The molecular weight excluding hydrogens is 265 g/mol. The van der Waals surface area contributed by atoms with Crippen LogP contribution in [0.1, 0.15) is 25.8 Å². The van der Waals surface area contributed by atoms with E-state index in [4.69, 9.17) is 5.73 Å². The lowest BCUT2D eigenvalue weighted by atomic mass is 9.89. The highest BCUT2D eigenvalue weighted by atomic mass is 19.1. The summed E-state index contributed by atoms with van der Waals surface area (Å²) in [6, 6.07) is 7.60. The number of halogens is 1. The minimum absolute atomic E-state index is 0.127. The van der Waals surface area contributed by atoms with Gasteiger partial charge in [0.1, 0.15) is 5.82 Å². The maximum Gasteiger partial charge on any atom is 0.126 e. The van der Waals surface area contributed by atoms with Gasteiger partial charge in [-0.05, 0) is 38.4 Å². The molecule has 0 saturated carbocycles. The summed E-state index contributed by atoms with van der Waals surface area (Å²) in [7, 11) is 2.18. The third kappa shape index (κ3) is 3.62. The standard InChI is InChI=1S/C17H28FN3/c1-4-15-12-21(10-9-20(15)3)17(2,13-19)11-14-7-5-6-8-16(14)18/h5-8,15H,4,9-13,19H2,1-3H3. The third-order valence-electron chi connectivity index (χ3n) is 4.98. The smallest absolute Gasteiger partial charge is 0.126 e. The van der Waals surface area contributed by atoms with Crippen LogP contribution < -0.4 is 5.73 Å². The Hall–Kier alpha value is -0.970. The van der Waals surface area contributed by atoms with Crippen LogP contribution in [0.4, 0.5) is 4.39 Å². The highest BCUT2D eigenvalue weighted by molar-refractivity contribution is 5.20. The van der Waals surface area contributed by atoms with Crippen LogP contribution in [0.5, 0.6) is 0 Å². The molecule has 1 aromatic carbocycles. The molecule has 0 bridgehead atoms. The van der Waals surface area contributed by atoms with Crippen molar-refractivity contribution in [1.29, 1.82) is 0 Å². The van der Waals surface area contributed by atoms with E-state index in [-0.39, 0.29) is 11.4 Å². The number of rotatable bonds is 5. The molecule has 1 aromatic rings. The van der Waals surface area contributed by atoms with E-state index in [1.54, 1.807) is 6.07 Å². The van der Waals surface area contributed by atoms with E-state index in [2.05, 4.69) is 30.7 Å². The first kappa shape index (κ1) is 16.4. The Kier molecular flexibility index (Phi) is 5.36. The second-order valence-electron chi connectivity index (χ2n) is 6.46. The Balaban J connectivity index is 2.15. The first-order chi connectivity index (χ1) is 10.00. The zero-order valence-electron chi connectivity index (χ0n) is 13.5. The van der Waals surface area contributed by atoms with Gasteiger partial charge in [-0.1, -0.05) is 25.1 Å². The quantitative estimate of drug-likeness (QED) is 0.902. The lowest BCUT2D eigenvalue weighted by Crippen LogP contribution is -2.62. The SMILES string of the molecule is CCC1CN(C(C)(CN)Cc2ccccc2F)CCN1C. The number of nitrogens with two attached hydrogens (primary N) is 1. The summed E-state index contributed by atoms with van der Waals surface area (Å²) >= 11 is 0. The fourth-order valence-electron chi connectivity index (χ4n) is 3.24. The number of likely N-dealkylation sites (N-methyl/N-ethyl adjacent to an activating group) is 1. The van der Waals surface area contributed by atoms with Crippen LogP contribution in [-0.4, -0.2) is 54.6 Å².